The van der Waals surface area contributed by atoms with Crippen LogP contribution in [0.2, 0.25) is 0 Å². The summed E-state index contributed by atoms with van der Waals surface area (Å²) < 4.78 is 6.48. The summed E-state index contributed by atoms with van der Waals surface area (Å²) in [5.41, 5.74) is -0.785. The average molecular weight is 370 g/mol. The van der Waals surface area contributed by atoms with Crippen molar-refractivity contribution in [2.45, 2.75) is 45.8 Å². The number of carbonyl (C=O) groups is 1. The van der Waals surface area contributed by atoms with Crippen LogP contribution in [0.15, 0.2) is 22.8 Å². The normalized spacial score (nSPS) is 18.3. The van der Waals surface area contributed by atoms with Gasteiger partial charge in [0, 0.05) is 30.3 Å². The van der Waals surface area contributed by atoms with Crippen molar-refractivity contribution in [2.24, 2.45) is 0 Å². The summed E-state index contributed by atoms with van der Waals surface area (Å²) in [7, 11) is 0. The van der Waals surface area contributed by atoms with E-state index in [1.54, 1.807) is 6.20 Å². The third-order valence-electron chi connectivity index (χ3n) is 3.55. The Morgan fingerprint density at radius 2 is 2.00 bits per heavy atom. The molecule has 22 heavy (non-hydrogen) atoms. The van der Waals surface area contributed by atoms with Crippen LogP contribution < -0.4 is 4.90 Å². The molecule has 2 heterocycles. The Kier molecular flexibility index (Phi) is 4.70. The molecule has 0 radical (unpaired) electrons. The topological polar surface area (TPSA) is 45.7 Å². The lowest BCUT2D eigenvalue weighted by Crippen LogP contribution is -2.62. The second-order valence-corrected chi connectivity index (χ2v) is 8.12. The van der Waals surface area contributed by atoms with E-state index in [-0.39, 0.29) is 11.6 Å². The van der Waals surface area contributed by atoms with Gasteiger partial charge in [-0.05, 0) is 62.7 Å². The fourth-order valence-electron chi connectivity index (χ4n) is 2.56. The number of hydrogen-bond donors (Lipinski definition) is 0. The molecular formula is C16H24BrN3O2. The third kappa shape index (κ3) is 4.12. The first kappa shape index (κ1) is 17.1. The van der Waals surface area contributed by atoms with E-state index < -0.39 is 5.60 Å². The molecule has 0 bridgehead atoms. The number of hydrogen-bond acceptors (Lipinski definition) is 4. The second kappa shape index (κ2) is 6.07. The molecule has 122 valence electrons. The summed E-state index contributed by atoms with van der Waals surface area (Å²) in [6.07, 6.45) is 1.55. The maximum Gasteiger partial charge on any atom is 0.410 e. The zero-order chi connectivity index (χ0) is 16.5. The molecule has 1 fully saturated rings. The van der Waals surface area contributed by atoms with Gasteiger partial charge in [0.2, 0.25) is 0 Å². The van der Waals surface area contributed by atoms with Crippen LogP contribution in [0.1, 0.15) is 34.6 Å². The van der Waals surface area contributed by atoms with Gasteiger partial charge in [0.1, 0.15) is 11.4 Å². The standard InChI is InChI=1S/C16H24BrN3O2/c1-15(2,3)22-14(21)20-9-8-19(11-16(20,4)5)13-7-6-12(17)10-18-13/h6-7,10H,8-9,11H2,1-5H3. The first-order chi connectivity index (χ1) is 10.1. The minimum atomic E-state index is -0.475. The summed E-state index contributed by atoms with van der Waals surface area (Å²) in [6, 6.07) is 3.97. The Labute approximate surface area is 140 Å². The number of aromatic nitrogens is 1. The van der Waals surface area contributed by atoms with Crippen LogP contribution in [-0.2, 0) is 4.74 Å². The molecule has 0 aromatic carbocycles. The molecule has 0 unspecified atom stereocenters. The van der Waals surface area contributed by atoms with E-state index >= 15 is 0 Å². The number of pyridine rings is 1. The van der Waals surface area contributed by atoms with Crippen LogP contribution in [0.3, 0.4) is 0 Å². The van der Waals surface area contributed by atoms with Gasteiger partial charge >= 0.3 is 6.09 Å². The van der Waals surface area contributed by atoms with Gasteiger partial charge in [-0.15, -0.1) is 0 Å². The first-order valence-corrected chi connectivity index (χ1v) is 8.25. The summed E-state index contributed by atoms with van der Waals surface area (Å²) in [5, 5.41) is 0. The number of rotatable bonds is 1. The molecule has 0 saturated carbocycles. The predicted octanol–water partition coefficient (Wildman–Crippen LogP) is 3.68. The molecule has 5 nitrogen and oxygen atoms in total. The second-order valence-electron chi connectivity index (χ2n) is 7.20. The highest BCUT2D eigenvalue weighted by atomic mass is 79.9. The first-order valence-electron chi connectivity index (χ1n) is 7.46. The van der Waals surface area contributed by atoms with Crippen LogP contribution in [-0.4, -0.2) is 46.8 Å². The van der Waals surface area contributed by atoms with Gasteiger partial charge in [0.05, 0.1) is 5.54 Å². The highest BCUT2D eigenvalue weighted by Crippen LogP contribution is 2.26. The van der Waals surface area contributed by atoms with Crippen LogP contribution in [0.4, 0.5) is 10.6 Å². The molecule has 1 aromatic heterocycles. The number of amides is 1. The molecule has 0 aliphatic carbocycles. The van der Waals surface area contributed by atoms with Crippen molar-refractivity contribution >= 4 is 27.8 Å². The lowest BCUT2D eigenvalue weighted by molar-refractivity contribution is 0.000315. The maximum atomic E-state index is 12.4. The molecular weight excluding hydrogens is 346 g/mol. The smallest absolute Gasteiger partial charge is 0.410 e. The average Bonchev–Trinajstić information content (AvgIpc) is 2.36. The highest BCUT2D eigenvalue weighted by Gasteiger charge is 2.39. The van der Waals surface area contributed by atoms with Crippen molar-refractivity contribution in [1.29, 1.82) is 0 Å². The molecule has 6 heteroatoms. The number of halogens is 1. The molecule has 1 amide bonds. The summed E-state index contributed by atoms with van der Waals surface area (Å²) in [6.45, 7) is 11.9. The Morgan fingerprint density at radius 1 is 1.32 bits per heavy atom. The molecule has 1 aromatic rings. The van der Waals surface area contributed by atoms with Gasteiger partial charge in [0.25, 0.3) is 0 Å². The van der Waals surface area contributed by atoms with Crippen molar-refractivity contribution in [1.82, 2.24) is 9.88 Å². The molecule has 1 aliphatic rings. The van der Waals surface area contributed by atoms with Gasteiger partial charge in [-0.25, -0.2) is 9.78 Å². The van der Waals surface area contributed by atoms with Crippen molar-refractivity contribution in [3.05, 3.63) is 22.8 Å². The predicted molar refractivity (Wildman–Crippen MR) is 91.2 cm³/mol. The monoisotopic (exact) mass is 369 g/mol. The molecule has 0 atom stereocenters. The fraction of sp³-hybridized carbons (Fsp3) is 0.625. The maximum absolute atomic E-state index is 12.4. The number of carbonyl (C=O) groups excluding carboxylic acids is 1. The quantitative estimate of drug-likeness (QED) is 0.757. The number of anilines is 1. The Bertz CT molecular complexity index is 537. The Morgan fingerprint density at radius 3 is 2.50 bits per heavy atom. The van der Waals surface area contributed by atoms with E-state index in [1.807, 2.05) is 37.8 Å². The third-order valence-corrected chi connectivity index (χ3v) is 4.02. The van der Waals surface area contributed by atoms with Crippen LogP contribution in [0.25, 0.3) is 0 Å². The van der Waals surface area contributed by atoms with Crippen LogP contribution in [0, 0.1) is 0 Å². The van der Waals surface area contributed by atoms with Crippen LogP contribution >= 0.6 is 15.9 Å². The Hall–Kier alpha value is -1.30. The summed E-state index contributed by atoms with van der Waals surface area (Å²) in [5.74, 6) is 0.931. The number of piperazine rings is 1. The van der Waals surface area contributed by atoms with E-state index in [0.29, 0.717) is 6.54 Å². The number of ether oxygens (including phenoxy) is 1. The lowest BCUT2D eigenvalue weighted by atomic mass is 9.99. The zero-order valence-electron chi connectivity index (χ0n) is 13.9. The van der Waals surface area contributed by atoms with E-state index in [1.165, 1.54) is 0 Å². The Balaban J connectivity index is 2.09. The fourth-order valence-corrected chi connectivity index (χ4v) is 2.80. The van der Waals surface area contributed by atoms with E-state index in [0.717, 1.165) is 23.4 Å². The molecule has 0 spiro atoms. The zero-order valence-corrected chi connectivity index (χ0v) is 15.5. The highest BCUT2D eigenvalue weighted by molar-refractivity contribution is 9.10. The molecule has 1 aliphatic heterocycles. The molecule has 1 saturated heterocycles. The summed E-state index contributed by atoms with van der Waals surface area (Å²) in [4.78, 5) is 20.8. The van der Waals surface area contributed by atoms with Crippen molar-refractivity contribution in [3.8, 4) is 0 Å². The van der Waals surface area contributed by atoms with Gasteiger partial charge in [-0.1, -0.05) is 0 Å². The van der Waals surface area contributed by atoms with Gasteiger partial charge in [-0.3, -0.25) is 4.90 Å². The molecule has 0 N–H and O–H groups in total. The van der Waals surface area contributed by atoms with E-state index in [4.69, 9.17) is 4.74 Å². The van der Waals surface area contributed by atoms with Crippen LogP contribution in [0.5, 0.6) is 0 Å². The SMILES string of the molecule is CC(C)(C)OC(=O)N1CCN(c2ccc(Br)cn2)CC1(C)C. The van der Waals surface area contributed by atoms with Gasteiger partial charge < -0.3 is 9.64 Å². The molecule has 2 rings (SSSR count). The minimum Gasteiger partial charge on any atom is -0.444 e. The van der Waals surface area contributed by atoms with Crippen molar-refractivity contribution in [2.75, 3.05) is 24.5 Å². The van der Waals surface area contributed by atoms with Gasteiger partial charge in [0.15, 0.2) is 0 Å². The largest absolute Gasteiger partial charge is 0.444 e. The van der Waals surface area contributed by atoms with E-state index in [2.05, 4.69) is 39.7 Å². The van der Waals surface area contributed by atoms with Gasteiger partial charge in [-0.2, -0.15) is 0 Å². The van der Waals surface area contributed by atoms with Crippen molar-refractivity contribution < 1.29 is 9.53 Å². The van der Waals surface area contributed by atoms with Crippen molar-refractivity contribution in [3.63, 3.8) is 0 Å². The van der Waals surface area contributed by atoms with E-state index in [9.17, 15) is 4.79 Å². The number of nitrogens with zero attached hydrogens (tertiary/aromatic N) is 3. The minimum absolute atomic E-state index is 0.249. The summed E-state index contributed by atoms with van der Waals surface area (Å²) >= 11 is 3.40. The lowest BCUT2D eigenvalue weighted by Gasteiger charge is -2.47.